The van der Waals surface area contributed by atoms with Crippen molar-refractivity contribution >= 4 is 24.2 Å². The van der Waals surface area contributed by atoms with Crippen LogP contribution in [0.15, 0.2) is 70.8 Å². The molecule has 0 spiro atoms. The number of hydrogen-bond donors (Lipinski definition) is 0. The summed E-state index contributed by atoms with van der Waals surface area (Å²) in [6.45, 7) is 12.5. The molecule has 5 nitrogen and oxygen atoms in total. The number of carbonyl (C=O) groups is 1. The quantitative estimate of drug-likeness (QED) is 0.472. The maximum atomic E-state index is 13.6. The Balaban J connectivity index is 1.79. The van der Waals surface area contributed by atoms with E-state index in [9.17, 15) is 13.2 Å². The molecule has 7 heteroatoms. The van der Waals surface area contributed by atoms with Crippen molar-refractivity contribution in [3.05, 3.63) is 77.0 Å². The third-order valence-electron chi connectivity index (χ3n) is 6.53. The highest BCUT2D eigenvalue weighted by atomic mass is 32.2. The fourth-order valence-electron chi connectivity index (χ4n) is 5.42. The van der Waals surface area contributed by atoms with Crippen LogP contribution in [0.4, 0.5) is 4.79 Å². The van der Waals surface area contributed by atoms with E-state index in [0.29, 0.717) is 5.70 Å². The molecule has 0 radical (unpaired) electrons. The Morgan fingerprint density at radius 1 is 0.970 bits per heavy atom. The van der Waals surface area contributed by atoms with Crippen LogP contribution >= 0.6 is 0 Å². The number of rotatable bonds is 5. The summed E-state index contributed by atoms with van der Waals surface area (Å²) in [5.41, 5.74) is 2.67. The minimum absolute atomic E-state index is 0.0327. The van der Waals surface area contributed by atoms with E-state index in [1.165, 1.54) is 5.56 Å². The summed E-state index contributed by atoms with van der Waals surface area (Å²) >= 11 is 0. The van der Waals surface area contributed by atoms with Gasteiger partial charge < -0.3 is 4.74 Å². The lowest BCUT2D eigenvalue weighted by molar-refractivity contribution is 0.0947. The van der Waals surface area contributed by atoms with Crippen LogP contribution in [0.1, 0.15) is 37.8 Å². The summed E-state index contributed by atoms with van der Waals surface area (Å²) in [6.07, 6.45) is 0.637. The summed E-state index contributed by atoms with van der Waals surface area (Å²) in [4.78, 5) is 13.0. The van der Waals surface area contributed by atoms with Gasteiger partial charge in [-0.2, -0.15) is 4.31 Å². The lowest BCUT2D eigenvalue weighted by Gasteiger charge is -2.49. The summed E-state index contributed by atoms with van der Waals surface area (Å²) in [6, 6.07) is 18.2. The van der Waals surface area contributed by atoms with Crippen molar-refractivity contribution in [2.45, 2.75) is 75.2 Å². The van der Waals surface area contributed by atoms with Crippen molar-refractivity contribution in [1.29, 1.82) is 0 Å². The van der Waals surface area contributed by atoms with Crippen molar-refractivity contribution in [2.75, 3.05) is 0 Å². The van der Waals surface area contributed by atoms with Crippen molar-refractivity contribution in [2.24, 2.45) is 0 Å². The predicted molar refractivity (Wildman–Crippen MR) is 133 cm³/mol. The second-order valence-electron chi connectivity index (χ2n) is 11.2. The van der Waals surface area contributed by atoms with Gasteiger partial charge in [0.15, 0.2) is 0 Å². The smallest absolute Gasteiger partial charge is 0.429 e. The Hall–Kier alpha value is -2.38. The molecule has 2 aromatic carbocycles. The first-order chi connectivity index (χ1) is 15.3. The maximum absolute atomic E-state index is 13.6. The molecule has 1 amide bonds. The Kier molecular flexibility index (Phi) is 5.65. The Labute approximate surface area is 198 Å². The van der Waals surface area contributed by atoms with Gasteiger partial charge in [0.1, 0.15) is 5.60 Å². The zero-order chi connectivity index (χ0) is 24.2. The molecule has 0 aromatic heterocycles. The van der Waals surface area contributed by atoms with E-state index in [4.69, 9.17) is 4.74 Å². The number of sulfonamides is 1. The molecule has 33 heavy (non-hydrogen) atoms. The molecular weight excluding hydrogens is 450 g/mol. The Bertz CT molecular complexity index is 1200. The number of benzene rings is 2. The van der Waals surface area contributed by atoms with Gasteiger partial charge in [0.05, 0.1) is 10.6 Å². The van der Waals surface area contributed by atoms with E-state index in [1.54, 1.807) is 38.1 Å². The molecule has 1 heterocycles. The van der Waals surface area contributed by atoms with E-state index in [0.717, 1.165) is 34.3 Å². The molecule has 1 aliphatic heterocycles. The fraction of sp³-hybridized carbons (Fsp3) is 0.423. The monoisotopic (exact) mass is 483 g/mol. The van der Waals surface area contributed by atoms with Gasteiger partial charge in [-0.25, -0.2) is 13.2 Å². The summed E-state index contributed by atoms with van der Waals surface area (Å²) < 4.78 is 33.6. The molecule has 0 bridgehead atoms. The van der Waals surface area contributed by atoms with E-state index in [2.05, 4.69) is 43.9 Å². The second-order valence-corrected chi connectivity index (χ2v) is 18.4. The molecule has 1 aliphatic carbocycles. The fourth-order valence-corrected chi connectivity index (χ4v) is 9.42. The van der Waals surface area contributed by atoms with Gasteiger partial charge in [0, 0.05) is 13.5 Å². The van der Waals surface area contributed by atoms with E-state index < -0.39 is 29.8 Å². The SMILES string of the molecule is Cc1ccc(S(=O)(=O)N2C(=O)OC(C)(C)C2=C2CC(C[Si](C)(C)C)(c3ccccc3)C2)cc1. The number of hydrogen-bond acceptors (Lipinski definition) is 4. The largest absolute Gasteiger partial charge is 0.436 e. The summed E-state index contributed by atoms with van der Waals surface area (Å²) in [5, 5.41) is 0. The average Bonchev–Trinajstić information content (AvgIpc) is 2.93. The number of allylic oxidation sites excluding steroid dienone is 1. The normalized spacial score (nSPS) is 22.8. The van der Waals surface area contributed by atoms with Crippen LogP contribution < -0.4 is 0 Å². The highest BCUT2D eigenvalue weighted by Gasteiger charge is 2.55. The molecule has 1 saturated carbocycles. The van der Waals surface area contributed by atoms with Crippen LogP contribution in [0.2, 0.25) is 25.7 Å². The third kappa shape index (κ3) is 4.28. The summed E-state index contributed by atoms with van der Waals surface area (Å²) in [5.74, 6) is 0. The van der Waals surface area contributed by atoms with Crippen LogP contribution in [0.3, 0.4) is 0 Å². The van der Waals surface area contributed by atoms with Gasteiger partial charge >= 0.3 is 6.09 Å². The number of cyclic esters (lactones) is 1. The molecule has 0 N–H and O–H groups in total. The average molecular weight is 484 g/mol. The molecule has 2 aromatic rings. The highest BCUT2D eigenvalue weighted by molar-refractivity contribution is 7.89. The molecular formula is C26H33NO4SSi. The van der Waals surface area contributed by atoms with Crippen LogP contribution in [0.5, 0.6) is 0 Å². The highest BCUT2D eigenvalue weighted by Crippen LogP contribution is 2.56. The van der Waals surface area contributed by atoms with Gasteiger partial charge in [-0.15, -0.1) is 0 Å². The minimum Gasteiger partial charge on any atom is -0.436 e. The first-order valence-electron chi connectivity index (χ1n) is 11.4. The van der Waals surface area contributed by atoms with Gasteiger partial charge in [0.2, 0.25) is 0 Å². The molecule has 2 fully saturated rings. The molecule has 4 rings (SSSR count). The minimum atomic E-state index is -4.07. The molecule has 1 saturated heterocycles. The zero-order valence-corrected chi connectivity index (χ0v) is 22.1. The molecule has 2 aliphatic rings. The zero-order valence-electron chi connectivity index (χ0n) is 20.3. The summed E-state index contributed by atoms with van der Waals surface area (Å²) in [7, 11) is -5.50. The Morgan fingerprint density at radius 2 is 1.55 bits per heavy atom. The van der Waals surface area contributed by atoms with Crippen LogP contribution in [-0.2, 0) is 20.2 Å². The predicted octanol–water partition coefficient (Wildman–Crippen LogP) is 6.24. The number of carbonyl (C=O) groups excluding carboxylic acids is 1. The lowest BCUT2D eigenvalue weighted by Crippen LogP contribution is -2.45. The molecule has 0 unspecified atom stereocenters. The number of amides is 1. The van der Waals surface area contributed by atoms with E-state index in [-0.39, 0.29) is 10.3 Å². The van der Waals surface area contributed by atoms with E-state index in [1.807, 2.05) is 13.0 Å². The van der Waals surface area contributed by atoms with Crippen molar-refractivity contribution in [3.63, 3.8) is 0 Å². The van der Waals surface area contributed by atoms with Gasteiger partial charge in [-0.1, -0.05) is 67.7 Å². The van der Waals surface area contributed by atoms with Gasteiger partial charge in [-0.05, 0) is 62.9 Å². The van der Waals surface area contributed by atoms with Crippen molar-refractivity contribution in [3.8, 4) is 0 Å². The topological polar surface area (TPSA) is 63.7 Å². The van der Waals surface area contributed by atoms with Crippen molar-refractivity contribution < 1.29 is 17.9 Å². The van der Waals surface area contributed by atoms with Gasteiger partial charge in [0.25, 0.3) is 10.0 Å². The second kappa shape index (κ2) is 7.84. The molecule has 0 atom stereocenters. The first-order valence-corrected chi connectivity index (χ1v) is 16.5. The number of aryl methyl sites for hydroxylation is 1. The van der Waals surface area contributed by atoms with E-state index >= 15 is 0 Å². The Morgan fingerprint density at radius 3 is 2.09 bits per heavy atom. The number of ether oxygens (including phenoxy) is 1. The molecule has 176 valence electrons. The van der Waals surface area contributed by atoms with Crippen molar-refractivity contribution in [1.82, 2.24) is 4.31 Å². The van der Waals surface area contributed by atoms with Crippen LogP contribution in [0.25, 0.3) is 0 Å². The van der Waals surface area contributed by atoms with Gasteiger partial charge in [-0.3, -0.25) is 0 Å². The van der Waals surface area contributed by atoms with Crippen LogP contribution in [-0.4, -0.2) is 32.5 Å². The van der Waals surface area contributed by atoms with Crippen LogP contribution in [0, 0.1) is 6.92 Å². The lowest BCUT2D eigenvalue weighted by atomic mass is 9.61. The third-order valence-corrected chi connectivity index (χ3v) is 9.95. The number of nitrogens with zero attached hydrogens (tertiary/aromatic N) is 1. The first kappa shape index (κ1) is 23.8. The standard InChI is InChI=1S/C26H33NO4SSi/c1-19-12-14-22(15-13-19)32(29,30)27-23(25(2,3)31-24(27)28)20-16-26(17-20,18-33(4,5)6)21-10-8-7-9-11-21/h7-15H,16-18H2,1-6H3. The maximum Gasteiger partial charge on any atom is 0.429 e.